The summed E-state index contributed by atoms with van der Waals surface area (Å²) >= 11 is 0. The maximum atomic E-state index is 13.4. The van der Waals surface area contributed by atoms with Crippen molar-refractivity contribution >= 4 is 23.4 Å². The fourth-order valence-electron chi connectivity index (χ4n) is 4.75. The van der Waals surface area contributed by atoms with Gasteiger partial charge in [-0.1, -0.05) is 17.7 Å². The lowest BCUT2D eigenvalue weighted by atomic mass is 10.00. The molecular weight excluding hydrogens is 390 g/mol. The Hall–Kier alpha value is -3.02. The minimum absolute atomic E-state index is 0.109. The fourth-order valence-corrected chi connectivity index (χ4v) is 4.75. The van der Waals surface area contributed by atoms with E-state index in [0.717, 1.165) is 55.8 Å². The number of cyclic esters (lactones) is 1. The number of aryl methyl sites for hydroxylation is 2. The van der Waals surface area contributed by atoms with Gasteiger partial charge in [0.1, 0.15) is 6.61 Å². The van der Waals surface area contributed by atoms with E-state index in [9.17, 15) is 9.59 Å². The minimum atomic E-state index is -0.302. The zero-order chi connectivity index (χ0) is 21.5. The molecule has 3 fully saturated rings. The molecule has 0 atom stereocenters. The molecule has 2 aromatic rings. The van der Waals surface area contributed by atoms with Crippen molar-refractivity contribution in [2.45, 2.75) is 32.6 Å². The zero-order valence-electron chi connectivity index (χ0n) is 18.3. The average molecular weight is 420 g/mol. The molecular formula is C25H29N3O3. The zero-order valence-corrected chi connectivity index (χ0v) is 18.3. The lowest BCUT2D eigenvalue weighted by Crippen LogP contribution is -2.49. The standard InChI is InChI=1S/C25H29N3O3/c1-17-3-8-23(18(2)15-17)26-9-11-27(12-10-26)24(29)21-7-6-20(16-22(21)19-4-5-19)28-13-14-31-25(28)30/h3,6-8,15-16,19H,4-5,9-14H2,1-2H3. The first-order valence-electron chi connectivity index (χ1n) is 11.2. The predicted octanol–water partition coefficient (Wildman–Crippen LogP) is 4.10. The quantitative estimate of drug-likeness (QED) is 0.749. The third-order valence-corrected chi connectivity index (χ3v) is 6.62. The van der Waals surface area contributed by atoms with E-state index in [1.165, 1.54) is 16.8 Å². The van der Waals surface area contributed by atoms with E-state index in [1.54, 1.807) is 4.90 Å². The SMILES string of the molecule is Cc1ccc(N2CCN(C(=O)c3ccc(N4CCOC4=O)cc3C3CC3)CC2)c(C)c1. The van der Waals surface area contributed by atoms with Gasteiger partial charge < -0.3 is 14.5 Å². The summed E-state index contributed by atoms with van der Waals surface area (Å²) in [5.41, 5.74) is 6.52. The van der Waals surface area contributed by atoms with Crippen LogP contribution in [0.15, 0.2) is 36.4 Å². The molecule has 2 saturated heterocycles. The molecule has 0 aromatic heterocycles. The molecule has 162 valence electrons. The Morgan fingerprint density at radius 2 is 1.74 bits per heavy atom. The molecule has 0 bridgehead atoms. The lowest BCUT2D eigenvalue weighted by molar-refractivity contribution is 0.0745. The Morgan fingerprint density at radius 1 is 0.968 bits per heavy atom. The van der Waals surface area contributed by atoms with E-state index in [4.69, 9.17) is 4.74 Å². The van der Waals surface area contributed by atoms with Crippen molar-refractivity contribution in [3.8, 4) is 0 Å². The van der Waals surface area contributed by atoms with Crippen molar-refractivity contribution in [1.82, 2.24) is 4.90 Å². The van der Waals surface area contributed by atoms with Gasteiger partial charge in [-0.05, 0) is 68.0 Å². The molecule has 1 aliphatic carbocycles. The van der Waals surface area contributed by atoms with Gasteiger partial charge in [0.25, 0.3) is 5.91 Å². The van der Waals surface area contributed by atoms with E-state index >= 15 is 0 Å². The number of ether oxygens (including phenoxy) is 1. The molecule has 5 rings (SSSR count). The predicted molar refractivity (Wildman–Crippen MR) is 121 cm³/mol. The normalized spacial score (nSPS) is 19.0. The third-order valence-electron chi connectivity index (χ3n) is 6.62. The highest BCUT2D eigenvalue weighted by Gasteiger charge is 2.33. The number of rotatable bonds is 4. The number of benzene rings is 2. The summed E-state index contributed by atoms with van der Waals surface area (Å²) in [7, 11) is 0. The van der Waals surface area contributed by atoms with E-state index < -0.39 is 0 Å². The van der Waals surface area contributed by atoms with Crippen LogP contribution in [0.4, 0.5) is 16.2 Å². The number of carbonyl (C=O) groups is 2. The molecule has 0 N–H and O–H groups in total. The van der Waals surface area contributed by atoms with Gasteiger partial charge in [-0.25, -0.2) is 4.79 Å². The first-order chi connectivity index (χ1) is 15.0. The van der Waals surface area contributed by atoms with E-state index in [0.29, 0.717) is 19.1 Å². The van der Waals surface area contributed by atoms with Gasteiger partial charge in [0.2, 0.25) is 0 Å². The highest BCUT2D eigenvalue weighted by atomic mass is 16.6. The molecule has 0 unspecified atom stereocenters. The Balaban J connectivity index is 1.32. The third kappa shape index (κ3) is 3.87. The fraction of sp³-hybridized carbons (Fsp3) is 0.440. The van der Waals surface area contributed by atoms with Crippen molar-refractivity contribution in [2.24, 2.45) is 0 Å². The van der Waals surface area contributed by atoms with Gasteiger partial charge in [-0.3, -0.25) is 9.69 Å². The first-order valence-corrected chi connectivity index (χ1v) is 11.2. The molecule has 6 nitrogen and oxygen atoms in total. The van der Waals surface area contributed by atoms with E-state index in [1.807, 2.05) is 23.1 Å². The van der Waals surface area contributed by atoms with Crippen LogP contribution in [0, 0.1) is 13.8 Å². The summed E-state index contributed by atoms with van der Waals surface area (Å²) in [4.78, 5) is 31.4. The molecule has 1 saturated carbocycles. The molecule has 6 heteroatoms. The highest BCUT2D eigenvalue weighted by Crippen LogP contribution is 2.43. The van der Waals surface area contributed by atoms with Crippen molar-refractivity contribution < 1.29 is 14.3 Å². The summed E-state index contributed by atoms with van der Waals surface area (Å²) in [6.07, 6.45) is 1.91. The molecule has 2 amide bonds. The maximum absolute atomic E-state index is 13.4. The second-order valence-corrected chi connectivity index (χ2v) is 8.88. The van der Waals surface area contributed by atoms with Crippen LogP contribution in [0.2, 0.25) is 0 Å². The molecule has 0 spiro atoms. The number of hydrogen-bond acceptors (Lipinski definition) is 4. The van der Waals surface area contributed by atoms with Crippen LogP contribution in [-0.2, 0) is 4.74 Å². The Kier molecular flexibility index (Phi) is 5.08. The monoisotopic (exact) mass is 419 g/mol. The number of hydrogen-bond donors (Lipinski definition) is 0. The Bertz CT molecular complexity index is 1020. The first kappa shape index (κ1) is 19.9. The second kappa shape index (κ2) is 7.91. The molecule has 2 aromatic carbocycles. The minimum Gasteiger partial charge on any atom is -0.447 e. The van der Waals surface area contributed by atoms with Crippen LogP contribution < -0.4 is 9.80 Å². The molecule has 0 radical (unpaired) electrons. The molecule has 31 heavy (non-hydrogen) atoms. The van der Waals surface area contributed by atoms with E-state index in [-0.39, 0.29) is 12.0 Å². The Labute approximate surface area is 183 Å². The summed E-state index contributed by atoms with van der Waals surface area (Å²) in [6.45, 7) is 8.37. The topological polar surface area (TPSA) is 53.1 Å². The summed E-state index contributed by atoms with van der Waals surface area (Å²) in [5, 5.41) is 0. The second-order valence-electron chi connectivity index (χ2n) is 8.88. The Morgan fingerprint density at radius 3 is 2.39 bits per heavy atom. The van der Waals surface area contributed by atoms with Gasteiger partial charge >= 0.3 is 6.09 Å². The van der Waals surface area contributed by atoms with Crippen LogP contribution in [0.1, 0.15) is 45.8 Å². The summed E-state index contributed by atoms with van der Waals surface area (Å²) in [6, 6.07) is 12.4. The molecule has 2 aliphatic heterocycles. The van der Waals surface area contributed by atoms with Crippen molar-refractivity contribution in [2.75, 3.05) is 49.1 Å². The largest absolute Gasteiger partial charge is 0.447 e. The molecule has 2 heterocycles. The van der Waals surface area contributed by atoms with Crippen molar-refractivity contribution in [3.63, 3.8) is 0 Å². The van der Waals surface area contributed by atoms with Gasteiger partial charge in [-0.15, -0.1) is 0 Å². The van der Waals surface area contributed by atoms with Crippen LogP contribution in [0.25, 0.3) is 0 Å². The number of piperazine rings is 1. The van der Waals surface area contributed by atoms with E-state index in [2.05, 4.69) is 36.9 Å². The van der Waals surface area contributed by atoms with Gasteiger partial charge in [0.15, 0.2) is 0 Å². The van der Waals surface area contributed by atoms with Crippen molar-refractivity contribution in [1.29, 1.82) is 0 Å². The van der Waals surface area contributed by atoms with Crippen LogP contribution in [-0.4, -0.2) is 56.2 Å². The average Bonchev–Trinajstić information content (AvgIpc) is 3.53. The van der Waals surface area contributed by atoms with Gasteiger partial charge in [0.05, 0.1) is 6.54 Å². The lowest BCUT2D eigenvalue weighted by Gasteiger charge is -2.37. The number of amides is 2. The van der Waals surface area contributed by atoms with Crippen LogP contribution in [0.3, 0.4) is 0 Å². The summed E-state index contributed by atoms with van der Waals surface area (Å²) in [5.74, 6) is 0.534. The molecule has 3 aliphatic rings. The highest BCUT2D eigenvalue weighted by molar-refractivity contribution is 5.98. The van der Waals surface area contributed by atoms with Crippen LogP contribution >= 0.6 is 0 Å². The van der Waals surface area contributed by atoms with Crippen LogP contribution in [0.5, 0.6) is 0 Å². The van der Waals surface area contributed by atoms with Gasteiger partial charge in [0, 0.05) is 43.1 Å². The number of anilines is 2. The van der Waals surface area contributed by atoms with Gasteiger partial charge in [-0.2, -0.15) is 0 Å². The number of carbonyl (C=O) groups excluding carboxylic acids is 2. The summed E-state index contributed by atoms with van der Waals surface area (Å²) < 4.78 is 5.08. The maximum Gasteiger partial charge on any atom is 0.414 e. The van der Waals surface area contributed by atoms with Crippen molar-refractivity contribution in [3.05, 3.63) is 58.7 Å². The smallest absolute Gasteiger partial charge is 0.414 e. The number of nitrogens with zero attached hydrogens (tertiary/aromatic N) is 3.